The Kier molecular flexibility index (Phi) is 3.22. The van der Waals surface area contributed by atoms with Crippen molar-refractivity contribution in [3.05, 3.63) is 23.3 Å². The van der Waals surface area contributed by atoms with E-state index in [1.807, 2.05) is 19.9 Å². The highest BCUT2D eigenvalue weighted by molar-refractivity contribution is 5.55. The molecule has 7 heteroatoms. The molecule has 1 aliphatic rings. The largest absolute Gasteiger partial charge is 0.378 e. The first-order chi connectivity index (χ1) is 9.24. The Labute approximate surface area is 110 Å². The Morgan fingerprint density at radius 2 is 2.21 bits per heavy atom. The Balaban J connectivity index is 1.89. The predicted molar refractivity (Wildman–Crippen MR) is 66.4 cm³/mol. The maximum atomic E-state index is 5.39. The monoisotopic (exact) mass is 261 g/mol. The molecule has 3 heterocycles. The fourth-order valence-electron chi connectivity index (χ4n) is 1.98. The summed E-state index contributed by atoms with van der Waals surface area (Å²) in [7, 11) is 0. The smallest absolute Gasteiger partial charge is 0.259 e. The van der Waals surface area contributed by atoms with E-state index in [-0.39, 0.29) is 6.04 Å². The number of morpholine rings is 1. The summed E-state index contributed by atoms with van der Waals surface area (Å²) < 4.78 is 10.7. The molecule has 0 amide bonds. The average molecular weight is 261 g/mol. The Morgan fingerprint density at radius 1 is 1.32 bits per heavy atom. The first-order valence-electron chi connectivity index (χ1n) is 6.20. The van der Waals surface area contributed by atoms with Crippen LogP contribution in [0.4, 0.5) is 0 Å². The summed E-state index contributed by atoms with van der Waals surface area (Å²) in [5.74, 6) is 1.08. The second-order valence-corrected chi connectivity index (χ2v) is 4.52. The molecular formula is C12H15N5O2. The van der Waals surface area contributed by atoms with E-state index in [2.05, 4.69) is 25.7 Å². The van der Waals surface area contributed by atoms with Gasteiger partial charge >= 0.3 is 0 Å². The zero-order valence-corrected chi connectivity index (χ0v) is 10.9. The van der Waals surface area contributed by atoms with Crippen LogP contribution in [0.3, 0.4) is 0 Å². The minimum Gasteiger partial charge on any atom is -0.378 e. The molecule has 3 rings (SSSR count). The summed E-state index contributed by atoms with van der Waals surface area (Å²) >= 11 is 0. The predicted octanol–water partition coefficient (Wildman–Crippen LogP) is 0.804. The summed E-state index contributed by atoms with van der Waals surface area (Å²) in [6.45, 7) is 5.82. The van der Waals surface area contributed by atoms with E-state index in [1.165, 1.54) is 0 Å². The summed E-state index contributed by atoms with van der Waals surface area (Å²) in [5.41, 5.74) is 2.41. The van der Waals surface area contributed by atoms with Crippen molar-refractivity contribution in [2.24, 2.45) is 0 Å². The van der Waals surface area contributed by atoms with Crippen molar-refractivity contribution in [3.8, 4) is 11.5 Å². The summed E-state index contributed by atoms with van der Waals surface area (Å²) in [6, 6.07) is 1.88. The third kappa shape index (κ3) is 2.47. The molecule has 1 saturated heterocycles. The molecule has 1 unspecified atom stereocenters. The van der Waals surface area contributed by atoms with Crippen LogP contribution in [0.25, 0.3) is 11.5 Å². The van der Waals surface area contributed by atoms with E-state index in [1.54, 1.807) is 0 Å². The summed E-state index contributed by atoms with van der Waals surface area (Å²) in [5, 5.41) is 15.3. The number of nitrogens with zero attached hydrogens (tertiary/aromatic N) is 4. The lowest BCUT2D eigenvalue weighted by Gasteiger charge is -2.20. The highest BCUT2D eigenvalue weighted by atomic mass is 16.5. The van der Waals surface area contributed by atoms with Gasteiger partial charge in [-0.3, -0.25) is 0 Å². The van der Waals surface area contributed by atoms with Crippen molar-refractivity contribution in [1.82, 2.24) is 25.7 Å². The Morgan fingerprint density at radius 3 is 3.00 bits per heavy atom. The highest BCUT2D eigenvalue weighted by Gasteiger charge is 2.22. The molecule has 100 valence electrons. The fourth-order valence-corrected chi connectivity index (χ4v) is 1.98. The Bertz CT molecular complexity index is 577. The van der Waals surface area contributed by atoms with Gasteiger partial charge in [0.15, 0.2) is 5.82 Å². The van der Waals surface area contributed by atoms with E-state index in [9.17, 15) is 0 Å². The van der Waals surface area contributed by atoms with E-state index in [4.69, 9.17) is 9.26 Å². The van der Waals surface area contributed by atoms with Crippen LogP contribution >= 0.6 is 0 Å². The molecule has 19 heavy (non-hydrogen) atoms. The molecule has 2 aromatic heterocycles. The maximum absolute atomic E-state index is 5.39. The van der Waals surface area contributed by atoms with Gasteiger partial charge in [-0.2, -0.15) is 15.2 Å². The van der Waals surface area contributed by atoms with E-state index >= 15 is 0 Å². The molecule has 1 aliphatic heterocycles. The number of hydrogen-bond acceptors (Lipinski definition) is 7. The van der Waals surface area contributed by atoms with Crippen LogP contribution in [-0.4, -0.2) is 40.1 Å². The van der Waals surface area contributed by atoms with Crippen molar-refractivity contribution >= 4 is 0 Å². The van der Waals surface area contributed by atoms with Gasteiger partial charge in [0.25, 0.3) is 5.89 Å². The molecule has 1 N–H and O–H groups in total. The van der Waals surface area contributed by atoms with Gasteiger partial charge in [-0.1, -0.05) is 5.16 Å². The topological polar surface area (TPSA) is 86.0 Å². The molecule has 0 saturated carbocycles. The van der Waals surface area contributed by atoms with Crippen LogP contribution in [0, 0.1) is 13.8 Å². The van der Waals surface area contributed by atoms with Gasteiger partial charge < -0.3 is 14.6 Å². The third-order valence-corrected chi connectivity index (χ3v) is 3.01. The summed E-state index contributed by atoms with van der Waals surface area (Å²) in [6.07, 6.45) is 0. The minimum absolute atomic E-state index is 0.0116. The second kappa shape index (κ2) is 5.02. The first-order valence-corrected chi connectivity index (χ1v) is 6.20. The van der Waals surface area contributed by atoms with Crippen molar-refractivity contribution in [2.45, 2.75) is 19.9 Å². The standard InChI is InChI=1S/C12H15N5O2/c1-7-5-9(8(2)16-15-7)12-14-11(17-19-12)10-6-18-4-3-13-10/h5,10,13H,3-4,6H2,1-2H3. The lowest BCUT2D eigenvalue weighted by atomic mass is 10.2. The van der Waals surface area contributed by atoms with Crippen LogP contribution in [0.15, 0.2) is 10.6 Å². The zero-order chi connectivity index (χ0) is 13.2. The van der Waals surface area contributed by atoms with Crippen LogP contribution < -0.4 is 5.32 Å². The van der Waals surface area contributed by atoms with Gasteiger partial charge in [0, 0.05) is 6.54 Å². The molecular weight excluding hydrogens is 246 g/mol. The fraction of sp³-hybridized carbons (Fsp3) is 0.500. The molecule has 0 radical (unpaired) electrons. The third-order valence-electron chi connectivity index (χ3n) is 3.01. The van der Waals surface area contributed by atoms with E-state index in [0.717, 1.165) is 23.5 Å². The lowest BCUT2D eigenvalue weighted by Crippen LogP contribution is -2.35. The zero-order valence-electron chi connectivity index (χ0n) is 10.9. The van der Waals surface area contributed by atoms with E-state index < -0.39 is 0 Å². The second-order valence-electron chi connectivity index (χ2n) is 4.52. The highest BCUT2D eigenvalue weighted by Crippen LogP contribution is 2.22. The molecule has 1 atom stereocenters. The lowest BCUT2D eigenvalue weighted by molar-refractivity contribution is 0.0734. The van der Waals surface area contributed by atoms with Crippen molar-refractivity contribution in [3.63, 3.8) is 0 Å². The first kappa shape index (κ1) is 12.2. The minimum atomic E-state index is -0.0116. The normalized spacial score (nSPS) is 19.6. The number of nitrogens with one attached hydrogen (secondary N) is 1. The van der Waals surface area contributed by atoms with Crippen LogP contribution in [-0.2, 0) is 4.74 Å². The van der Waals surface area contributed by atoms with Gasteiger partial charge in [-0.25, -0.2) is 0 Å². The number of aryl methyl sites for hydroxylation is 2. The van der Waals surface area contributed by atoms with Crippen LogP contribution in [0.2, 0.25) is 0 Å². The number of aromatic nitrogens is 4. The SMILES string of the molecule is Cc1cc(-c2nc(C3COCCN3)no2)c(C)nn1. The molecule has 0 aromatic carbocycles. The Hall–Kier alpha value is -1.86. The maximum Gasteiger partial charge on any atom is 0.259 e. The number of hydrogen-bond donors (Lipinski definition) is 1. The number of rotatable bonds is 2. The van der Waals surface area contributed by atoms with Crippen LogP contribution in [0.5, 0.6) is 0 Å². The number of ether oxygens (including phenoxy) is 1. The van der Waals surface area contributed by atoms with Gasteiger partial charge in [0.2, 0.25) is 0 Å². The van der Waals surface area contributed by atoms with Gasteiger partial charge in [-0.05, 0) is 19.9 Å². The van der Waals surface area contributed by atoms with Crippen molar-refractivity contribution in [1.29, 1.82) is 0 Å². The van der Waals surface area contributed by atoms with Crippen molar-refractivity contribution < 1.29 is 9.26 Å². The molecule has 0 spiro atoms. The quantitative estimate of drug-likeness (QED) is 0.855. The van der Waals surface area contributed by atoms with Gasteiger partial charge in [0.05, 0.1) is 36.2 Å². The molecule has 1 fully saturated rings. The van der Waals surface area contributed by atoms with Crippen molar-refractivity contribution in [2.75, 3.05) is 19.8 Å². The summed E-state index contributed by atoms with van der Waals surface area (Å²) in [4.78, 5) is 4.42. The molecule has 2 aromatic rings. The molecule has 0 aliphatic carbocycles. The van der Waals surface area contributed by atoms with Gasteiger partial charge in [-0.15, -0.1) is 0 Å². The van der Waals surface area contributed by atoms with Gasteiger partial charge in [0.1, 0.15) is 0 Å². The molecule has 0 bridgehead atoms. The molecule has 7 nitrogen and oxygen atoms in total. The van der Waals surface area contributed by atoms with E-state index in [0.29, 0.717) is 24.9 Å². The van der Waals surface area contributed by atoms with Crippen LogP contribution in [0.1, 0.15) is 23.3 Å². The average Bonchev–Trinajstić information content (AvgIpc) is 2.92.